The zero-order valence-corrected chi connectivity index (χ0v) is 16.2. The van der Waals surface area contributed by atoms with Crippen molar-refractivity contribution in [2.45, 2.75) is 26.8 Å². The molecule has 1 atom stereocenters. The van der Waals surface area contributed by atoms with E-state index in [1.165, 1.54) is 5.56 Å². The summed E-state index contributed by atoms with van der Waals surface area (Å²) in [5.41, 5.74) is 1.21. The van der Waals surface area contributed by atoms with Crippen LogP contribution in [0.3, 0.4) is 0 Å². The fourth-order valence-corrected chi connectivity index (χ4v) is 1.79. The van der Waals surface area contributed by atoms with E-state index in [1.807, 2.05) is 31.1 Å². The van der Waals surface area contributed by atoms with Crippen LogP contribution in [0.5, 0.6) is 5.75 Å². The third-order valence-electron chi connectivity index (χ3n) is 2.94. The zero-order chi connectivity index (χ0) is 15.1. The maximum absolute atomic E-state index is 5.69. The highest BCUT2D eigenvalue weighted by atomic mass is 127. The Balaban J connectivity index is 0.00000400. The molecule has 0 bridgehead atoms. The van der Waals surface area contributed by atoms with Crippen molar-refractivity contribution in [3.05, 3.63) is 29.8 Å². The second-order valence-corrected chi connectivity index (χ2v) is 5.58. The molecule has 0 aromatic heterocycles. The number of ether oxygens (including phenoxy) is 1. The van der Waals surface area contributed by atoms with Gasteiger partial charge in [-0.3, -0.25) is 4.99 Å². The lowest BCUT2D eigenvalue weighted by molar-refractivity contribution is 0.271. The minimum atomic E-state index is 0. The first-order chi connectivity index (χ1) is 9.43. The molecule has 0 radical (unpaired) electrons. The number of benzene rings is 1. The molecule has 4 nitrogen and oxygen atoms in total. The van der Waals surface area contributed by atoms with E-state index in [-0.39, 0.29) is 30.0 Å². The van der Waals surface area contributed by atoms with Crippen molar-refractivity contribution in [1.82, 2.24) is 10.2 Å². The highest BCUT2D eigenvalue weighted by Gasteiger charge is 2.09. The van der Waals surface area contributed by atoms with Gasteiger partial charge in [0.15, 0.2) is 5.96 Å². The topological polar surface area (TPSA) is 36.9 Å². The number of nitrogens with one attached hydrogen (secondary N) is 1. The van der Waals surface area contributed by atoms with Crippen LogP contribution in [-0.2, 0) is 0 Å². The molecule has 0 saturated carbocycles. The molecule has 0 aliphatic rings. The predicted octanol–water partition coefficient (Wildman–Crippen LogP) is 3.54. The summed E-state index contributed by atoms with van der Waals surface area (Å²) in [4.78, 5) is 6.20. The second-order valence-electron chi connectivity index (χ2n) is 5.58. The minimum Gasteiger partial charge on any atom is -0.493 e. The number of aliphatic imine (C=N–C) groups is 1. The van der Waals surface area contributed by atoms with Crippen molar-refractivity contribution < 1.29 is 4.74 Å². The molecule has 0 saturated heterocycles. The summed E-state index contributed by atoms with van der Waals surface area (Å²) in [6, 6.07) is 8.44. The van der Waals surface area contributed by atoms with Crippen LogP contribution in [0, 0.1) is 5.92 Å². The van der Waals surface area contributed by atoms with E-state index in [9.17, 15) is 0 Å². The van der Waals surface area contributed by atoms with Crippen molar-refractivity contribution in [2.75, 3.05) is 27.7 Å². The lowest BCUT2D eigenvalue weighted by Crippen LogP contribution is -2.37. The highest BCUT2D eigenvalue weighted by molar-refractivity contribution is 14.0. The lowest BCUT2D eigenvalue weighted by Gasteiger charge is -2.22. The fraction of sp³-hybridized carbons (Fsp3) is 0.562. The molecule has 0 aliphatic carbocycles. The number of guanidine groups is 1. The molecular formula is C16H28IN3O. The smallest absolute Gasteiger partial charge is 0.193 e. The first-order valence-electron chi connectivity index (χ1n) is 7.07. The van der Waals surface area contributed by atoms with Crippen LogP contribution in [0.2, 0.25) is 0 Å². The van der Waals surface area contributed by atoms with E-state index in [1.54, 1.807) is 7.05 Å². The predicted molar refractivity (Wildman–Crippen MR) is 101 cm³/mol. The van der Waals surface area contributed by atoms with Gasteiger partial charge in [-0.25, -0.2) is 0 Å². The average Bonchev–Trinajstić information content (AvgIpc) is 2.42. The van der Waals surface area contributed by atoms with Gasteiger partial charge in [0.25, 0.3) is 0 Å². The summed E-state index contributed by atoms with van der Waals surface area (Å²) in [6.07, 6.45) is 0. The Bertz CT molecular complexity index is 430. The molecule has 1 aromatic carbocycles. The molecule has 5 heteroatoms. The zero-order valence-electron chi connectivity index (χ0n) is 13.9. The van der Waals surface area contributed by atoms with E-state index >= 15 is 0 Å². The summed E-state index contributed by atoms with van der Waals surface area (Å²) in [7, 11) is 5.74. The molecule has 1 rings (SSSR count). The first-order valence-corrected chi connectivity index (χ1v) is 7.07. The van der Waals surface area contributed by atoms with Crippen LogP contribution in [0.15, 0.2) is 29.3 Å². The van der Waals surface area contributed by atoms with Crippen LogP contribution in [-0.4, -0.2) is 38.6 Å². The highest BCUT2D eigenvalue weighted by Crippen LogP contribution is 2.18. The summed E-state index contributed by atoms with van der Waals surface area (Å²) < 4.78 is 5.69. The van der Waals surface area contributed by atoms with E-state index in [2.05, 4.69) is 43.2 Å². The fourth-order valence-electron chi connectivity index (χ4n) is 1.79. The first kappa shape index (κ1) is 20.0. The van der Waals surface area contributed by atoms with Gasteiger partial charge in [0.05, 0.1) is 12.6 Å². The number of rotatable bonds is 5. The molecule has 1 N–H and O–H groups in total. The van der Waals surface area contributed by atoms with Gasteiger partial charge >= 0.3 is 0 Å². The monoisotopic (exact) mass is 405 g/mol. The van der Waals surface area contributed by atoms with Crippen LogP contribution in [0.4, 0.5) is 0 Å². The summed E-state index contributed by atoms with van der Waals surface area (Å²) in [6.45, 7) is 7.17. The number of hydrogen-bond acceptors (Lipinski definition) is 2. The minimum absolute atomic E-state index is 0. The Morgan fingerprint density at radius 2 is 1.76 bits per heavy atom. The van der Waals surface area contributed by atoms with Crippen LogP contribution in [0.25, 0.3) is 0 Å². The average molecular weight is 405 g/mol. The van der Waals surface area contributed by atoms with Gasteiger partial charge in [-0.1, -0.05) is 26.0 Å². The normalized spacial score (nSPS) is 12.6. The Kier molecular flexibility index (Phi) is 9.41. The molecule has 21 heavy (non-hydrogen) atoms. The Labute approximate surface area is 146 Å². The van der Waals surface area contributed by atoms with Crippen LogP contribution < -0.4 is 10.1 Å². The molecule has 1 aromatic rings. The molecule has 0 spiro atoms. The van der Waals surface area contributed by atoms with Gasteiger partial charge in [0.1, 0.15) is 5.75 Å². The molecule has 0 aliphatic heterocycles. The van der Waals surface area contributed by atoms with Crippen LogP contribution >= 0.6 is 24.0 Å². The molecule has 1 unspecified atom stereocenters. The van der Waals surface area contributed by atoms with Gasteiger partial charge in [0.2, 0.25) is 0 Å². The van der Waals surface area contributed by atoms with Crippen molar-refractivity contribution in [3.8, 4) is 5.75 Å². The Hall–Kier alpha value is -0.980. The number of hydrogen-bond donors (Lipinski definition) is 1. The van der Waals surface area contributed by atoms with Crippen LogP contribution in [0.1, 0.15) is 32.4 Å². The van der Waals surface area contributed by atoms with Gasteiger partial charge in [-0.15, -0.1) is 24.0 Å². The standard InChI is InChI=1S/C16H27N3O.HI/c1-12(2)11-20-15-9-7-14(8-10-15)13(3)18-16(17-4)19(5)6;/h7-10,12-13H,11H2,1-6H3,(H,17,18);1H. The molecule has 0 fully saturated rings. The maximum Gasteiger partial charge on any atom is 0.193 e. The Morgan fingerprint density at radius 3 is 2.19 bits per heavy atom. The molecule has 120 valence electrons. The Morgan fingerprint density at radius 1 is 1.19 bits per heavy atom. The summed E-state index contributed by atoms with van der Waals surface area (Å²) in [5, 5.41) is 3.39. The number of halogens is 1. The second kappa shape index (κ2) is 9.87. The van der Waals surface area contributed by atoms with Crippen molar-refractivity contribution in [3.63, 3.8) is 0 Å². The molecule has 0 heterocycles. The third kappa shape index (κ3) is 7.02. The van der Waals surface area contributed by atoms with Crippen molar-refractivity contribution in [1.29, 1.82) is 0 Å². The van der Waals surface area contributed by atoms with Gasteiger partial charge in [-0.2, -0.15) is 0 Å². The summed E-state index contributed by atoms with van der Waals surface area (Å²) in [5.74, 6) is 2.34. The lowest BCUT2D eigenvalue weighted by atomic mass is 10.1. The van der Waals surface area contributed by atoms with E-state index in [4.69, 9.17) is 4.74 Å². The largest absolute Gasteiger partial charge is 0.493 e. The van der Waals surface area contributed by atoms with E-state index < -0.39 is 0 Å². The van der Waals surface area contributed by atoms with E-state index in [0.29, 0.717) is 5.92 Å². The quantitative estimate of drug-likeness (QED) is 0.463. The molecular weight excluding hydrogens is 377 g/mol. The number of nitrogens with zero attached hydrogens (tertiary/aromatic N) is 2. The van der Waals surface area contributed by atoms with Crippen molar-refractivity contribution >= 4 is 29.9 Å². The van der Waals surface area contributed by atoms with Gasteiger partial charge in [0, 0.05) is 21.1 Å². The SMILES string of the molecule is CN=C(NC(C)c1ccc(OCC(C)C)cc1)N(C)C.I. The third-order valence-corrected chi connectivity index (χ3v) is 2.94. The summed E-state index contributed by atoms with van der Waals surface area (Å²) >= 11 is 0. The maximum atomic E-state index is 5.69. The van der Waals surface area contributed by atoms with Gasteiger partial charge < -0.3 is 15.0 Å². The molecule has 0 amide bonds. The van der Waals surface area contributed by atoms with Crippen molar-refractivity contribution in [2.24, 2.45) is 10.9 Å². The van der Waals surface area contributed by atoms with E-state index in [0.717, 1.165) is 18.3 Å². The van der Waals surface area contributed by atoms with Gasteiger partial charge in [-0.05, 0) is 30.5 Å².